The second-order valence-corrected chi connectivity index (χ2v) is 13.5. The van der Waals surface area contributed by atoms with E-state index in [4.69, 9.17) is 18.9 Å². The van der Waals surface area contributed by atoms with Crippen LogP contribution in [0.5, 0.6) is 0 Å². The number of aliphatic hydroxyl groups excluding tert-OH is 1. The number of hydrogen-bond donors (Lipinski definition) is 2. The first-order chi connectivity index (χ1) is 19.3. The molecule has 0 aliphatic carbocycles. The number of carbonyl (C=O) groups excluding carboxylic acids is 2. The largest absolute Gasteiger partial charge is 0.463 e. The van der Waals surface area contributed by atoms with Crippen molar-refractivity contribution in [3.8, 4) is 0 Å². The predicted octanol–water partition coefficient (Wildman–Crippen LogP) is 2.32. The second kappa shape index (κ2) is 15.0. The number of carbonyl (C=O) groups is 2. The van der Waals surface area contributed by atoms with Gasteiger partial charge in [0.15, 0.2) is 12.1 Å². The van der Waals surface area contributed by atoms with Crippen LogP contribution in [0.2, 0.25) is 0 Å². The lowest BCUT2D eigenvalue weighted by Crippen LogP contribution is -2.59. The van der Waals surface area contributed by atoms with E-state index in [0.29, 0.717) is 18.8 Å². The lowest BCUT2D eigenvalue weighted by molar-refractivity contribution is -0.295. The Bertz CT molecular complexity index is 854. The van der Waals surface area contributed by atoms with Gasteiger partial charge in [-0.1, -0.05) is 13.8 Å². The Morgan fingerprint density at radius 1 is 1.15 bits per heavy atom. The summed E-state index contributed by atoms with van der Waals surface area (Å²) in [5, 5.41) is 14.7. The van der Waals surface area contributed by atoms with E-state index in [-0.39, 0.29) is 36.5 Å². The molecule has 2 N–H and O–H groups in total. The minimum atomic E-state index is -0.953. The van der Waals surface area contributed by atoms with Gasteiger partial charge >= 0.3 is 5.97 Å². The van der Waals surface area contributed by atoms with Crippen molar-refractivity contribution >= 4 is 11.8 Å². The van der Waals surface area contributed by atoms with Gasteiger partial charge in [-0.05, 0) is 98.9 Å². The van der Waals surface area contributed by atoms with Crippen molar-refractivity contribution in [3.63, 3.8) is 0 Å². The summed E-state index contributed by atoms with van der Waals surface area (Å²) in [4.78, 5) is 31.3. The number of ketones is 1. The highest BCUT2D eigenvalue weighted by molar-refractivity contribution is 5.99. The molecule has 238 valence electrons. The van der Waals surface area contributed by atoms with Gasteiger partial charge in [-0.15, -0.1) is 0 Å². The molecule has 0 spiro atoms. The molecule has 3 fully saturated rings. The molecule has 0 unspecified atom stereocenters. The topological polar surface area (TPSA) is 110 Å². The van der Waals surface area contributed by atoms with Gasteiger partial charge in [-0.2, -0.15) is 0 Å². The fourth-order valence-corrected chi connectivity index (χ4v) is 7.14. The van der Waals surface area contributed by atoms with E-state index < -0.39 is 41.9 Å². The second-order valence-electron chi connectivity index (χ2n) is 13.5. The third-order valence-electron chi connectivity index (χ3n) is 9.77. The van der Waals surface area contributed by atoms with Crippen molar-refractivity contribution in [2.75, 3.05) is 54.5 Å². The van der Waals surface area contributed by atoms with Gasteiger partial charge in [-0.25, -0.2) is 0 Å². The number of esters is 1. The molecule has 10 atom stereocenters. The van der Waals surface area contributed by atoms with Gasteiger partial charge < -0.3 is 34.3 Å². The zero-order valence-electron chi connectivity index (χ0n) is 26.9. The lowest BCUT2D eigenvalue weighted by Gasteiger charge is -2.46. The third kappa shape index (κ3) is 8.71. The van der Waals surface area contributed by atoms with Crippen LogP contribution < -0.4 is 5.32 Å². The minimum absolute atomic E-state index is 0.0704. The SMILES string of the molecule is CO[C@]1(C)C[C@@H](C)CN(C)[C@H](CC2CCNCC2)COC(=O)[C@H](C)C(=O)[C@H](C)[C@H]1O[C@@H]1O[C@H](C)C[C@H](N(C)C)[C@H]1O. The normalized spacial score (nSPS) is 41.4. The molecule has 0 amide bonds. The number of Topliss-reactive ketones (excluding diaryl/α,β-unsaturated/α-hetero) is 1. The van der Waals surface area contributed by atoms with Crippen LogP contribution in [0.4, 0.5) is 0 Å². The van der Waals surface area contributed by atoms with Crippen molar-refractivity contribution in [1.29, 1.82) is 0 Å². The molecular weight excluding hydrogens is 526 g/mol. The number of piperidine rings is 1. The highest BCUT2D eigenvalue weighted by atomic mass is 16.7. The first-order valence-electron chi connectivity index (χ1n) is 15.6. The van der Waals surface area contributed by atoms with Crippen molar-refractivity contribution in [2.24, 2.45) is 23.7 Å². The number of nitrogens with zero attached hydrogens (tertiary/aromatic N) is 2. The van der Waals surface area contributed by atoms with Crippen LogP contribution in [-0.4, -0.2) is 123 Å². The van der Waals surface area contributed by atoms with Crippen LogP contribution in [0.25, 0.3) is 0 Å². The quantitative estimate of drug-likeness (QED) is 0.357. The summed E-state index contributed by atoms with van der Waals surface area (Å²) in [7, 11) is 7.59. The first-order valence-corrected chi connectivity index (χ1v) is 15.6. The molecule has 3 saturated heterocycles. The van der Waals surface area contributed by atoms with Crippen LogP contribution >= 0.6 is 0 Å². The number of rotatable bonds is 6. The Balaban J connectivity index is 1.91. The fourth-order valence-electron chi connectivity index (χ4n) is 7.14. The van der Waals surface area contributed by atoms with Gasteiger partial charge in [-0.3, -0.25) is 14.5 Å². The Labute approximate surface area is 247 Å². The number of hydrogen-bond acceptors (Lipinski definition) is 10. The molecule has 0 aromatic heterocycles. The Kier molecular flexibility index (Phi) is 12.6. The molecule has 0 radical (unpaired) electrons. The number of ether oxygens (including phenoxy) is 4. The van der Waals surface area contributed by atoms with Gasteiger partial charge in [0.2, 0.25) is 0 Å². The van der Waals surface area contributed by atoms with E-state index in [1.165, 1.54) is 0 Å². The maximum absolute atomic E-state index is 13.8. The molecule has 0 bridgehead atoms. The van der Waals surface area contributed by atoms with Crippen LogP contribution in [0, 0.1) is 23.7 Å². The van der Waals surface area contributed by atoms with E-state index in [2.05, 4.69) is 24.2 Å². The summed E-state index contributed by atoms with van der Waals surface area (Å²) in [5.41, 5.74) is -0.880. The van der Waals surface area contributed by atoms with Crippen molar-refractivity contribution in [2.45, 2.75) is 109 Å². The average molecular weight is 584 g/mol. The molecule has 0 aromatic rings. The van der Waals surface area contributed by atoms with Crippen LogP contribution in [0.3, 0.4) is 0 Å². The van der Waals surface area contributed by atoms with Gasteiger partial charge in [0.1, 0.15) is 18.6 Å². The molecule has 3 aliphatic heterocycles. The van der Waals surface area contributed by atoms with Crippen molar-refractivity contribution in [1.82, 2.24) is 15.1 Å². The molecule has 0 aromatic carbocycles. The third-order valence-corrected chi connectivity index (χ3v) is 9.77. The maximum atomic E-state index is 13.8. The summed E-state index contributed by atoms with van der Waals surface area (Å²) < 4.78 is 24.7. The fraction of sp³-hybridized carbons (Fsp3) is 0.935. The van der Waals surface area contributed by atoms with E-state index in [0.717, 1.165) is 38.9 Å². The molecule has 0 saturated carbocycles. The number of nitrogens with one attached hydrogen (secondary N) is 1. The molecule has 3 aliphatic rings. The number of methoxy groups -OCH3 is 1. The molecule has 10 heteroatoms. The average Bonchev–Trinajstić information content (AvgIpc) is 2.93. The standard InChI is InChI=1S/C31H57N3O7/c1-19-16-31(5,38-9)28(41-30-27(36)25(33(6)7)14-20(2)40-30)21(3)26(35)22(4)29(37)39-18-24(34(8)17-19)15-23-10-12-32-13-11-23/h19-25,27-28,30,32,36H,10-18H2,1-9H3/t19-,20-,21+,22-,24-,25+,27-,28-,30+,31-/m1/s1. The monoisotopic (exact) mass is 583 g/mol. The van der Waals surface area contributed by atoms with E-state index >= 15 is 0 Å². The van der Waals surface area contributed by atoms with Gasteiger partial charge in [0.25, 0.3) is 0 Å². The maximum Gasteiger partial charge on any atom is 0.316 e. The molecule has 3 rings (SSSR count). The van der Waals surface area contributed by atoms with Crippen LogP contribution in [-0.2, 0) is 28.5 Å². The summed E-state index contributed by atoms with van der Waals surface area (Å²) in [6.45, 7) is 12.6. The summed E-state index contributed by atoms with van der Waals surface area (Å²) in [5.74, 6) is -1.67. The predicted molar refractivity (Wildman–Crippen MR) is 157 cm³/mol. The Hall–Kier alpha value is -1.14. The highest BCUT2D eigenvalue weighted by Crippen LogP contribution is 2.36. The summed E-state index contributed by atoms with van der Waals surface area (Å²) >= 11 is 0. The minimum Gasteiger partial charge on any atom is -0.463 e. The first kappa shape index (κ1) is 34.4. The highest BCUT2D eigenvalue weighted by Gasteiger charge is 2.49. The number of cyclic esters (lactones) is 1. The number of aliphatic hydroxyl groups is 1. The summed E-state index contributed by atoms with van der Waals surface area (Å²) in [6, 6.07) is -0.0854. The lowest BCUT2D eigenvalue weighted by atomic mass is 9.78. The smallest absolute Gasteiger partial charge is 0.316 e. The van der Waals surface area contributed by atoms with Crippen molar-refractivity contribution in [3.05, 3.63) is 0 Å². The zero-order valence-corrected chi connectivity index (χ0v) is 26.9. The van der Waals surface area contributed by atoms with E-state index in [1.54, 1.807) is 21.0 Å². The Morgan fingerprint density at radius 2 is 1.80 bits per heavy atom. The molecular formula is C31H57N3O7. The molecule has 41 heavy (non-hydrogen) atoms. The molecule has 10 nitrogen and oxygen atoms in total. The van der Waals surface area contributed by atoms with Gasteiger partial charge in [0.05, 0.1) is 17.8 Å². The van der Waals surface area contributed by atoms with Crippen LogP contribution in [0.1, 0.15) is 66.7 Å². The van der Waals surface area contributed by atoms with Crippen LogP contribution in [0.15, 0.2) is 0 Å². The van der Waals surface area contributed by atoms with Crippen molar-refractivity contribution < 1.29 is 33.6 Å². The zero-order chi connectivity index (χ0) is 30.5. The number of likely N-dealkylation sites (N-methyl/N-ethyl adjacent to an activating group) is 2. The Morgan fingerprint density at radius 3 is 2.41 bits per heavy atom. The summed E-state index contributed by atoms with van der Waals surface area (Å²) in [6.07, 6.45) is 1.72. The van der Waals surface area contributed by atoms with Gasteiger partial charge in [0, 0.05) is 31.7 Å². The van der Waals surface area contributed by atoms with E-state index in [1.807, 2.05) is 32.8 Å². The van der Waals surface area contributed by atoms with E-state index in [9.17, 15) is 14.7 Å². The molecule has 3 heterocycles.